The van der Waals surface area contributed by atoms with Crippen LogP contribution in [-0.4, -0.2) is 46.0 Å². The molecule has 1 fully saturated rings. The first-order valence-electron chi connectivity index (χ1n) is 10.8. The van der Waals surface area contributed by atoms with Crippen LogP contribution in [0.1, 0.15) is 42.1 Å². The largest absolute Gasteiger partial charge is 0.376 e. The highest BCUT2D eigenvalue weighted by molar-refractivity contribution is 7.92. The molecule has 2 aliphatic heterocycles. The Labute approximate surface area is 188 Å². The number of amides is 2. The number of anilines is 2. The van der Waals surface area contributed by atoms with Gasteiger partial charge in [-0.1, -0.05) is 19.1 Å². The first kappa shape index (κ1) is 22.3. The van der Waals surface area contributed by atoms with Crippen LogP contribution in [0.5, 0.6) is 0 Å². The highest BCUT2D eigenvalue weighted by Gasteiger charge is 2.26. The predicted molar refractivity (Wildman–Crippen MR) is 121 cm³/mol. The van der Waals surface area contributed by atoms with Crippen molar-refractivity contribution < 1.29 is 22.7 Å². The zero-order valence-electron chi connectivity index (χ0n) is 18.0. The molecule has 1 atom stereocenters. The summed E-state index contributed by atoms with van der Waals surface area (Å²) in [5.74, 6) is -0.345. The molecule has 0 radical (unpaired) electrons. The SMILES string of the molecule is CCC(=O)N1CCc2cc(S(=O)(=O)Nc3ccccc3C(=O)NCC3CCCO3)ccc21. The standard InChI is InChI=1S/C23H27N3O5S/c1-2-22(27)26-12-11-16-14-18(9-10-21(16)26)32(29,30)25-20-8-4-3-7-19(20)23(28)24-15-17-6-5-13-31-17/h3-4,7-10,14,17,25H,2,5-6,11-13,15H2,1H3,(H,24,28). The third-order valence-corrected chi connectivity index (χ3v) is 7.15. The van der Waals surface area contributed by atoms with E-state index in [1.807, 2.05) is 0 Å². The molecule has 0 saturated carbocycles. The molecule has 8 nitrogen and oxygen atoms in total. The third-order valence-electron chi connectivity index (χ3n) is 5.79. The Kier molecular flexibility index (Phi) is 6.48. The molecule has 1 saturated heterocycles. The van der Waals surface area contributed by atoms with Crippen LogP contribution in [0.4, 0.5) is 11.4 Å². The molecule has 2 aliphatic rings. The minimum atomic E-state index is -3.92. The van der Waals surface area contributed by atoms with Gasteiger partial charge < -0.3 is 15.0 Å². The summed E-state index contributed by atoms with van der Waals surface area (Å²) in [5.41, 5.74) is 2.03. The minimum Gasteiger partial charge on any atom is -0.376 e. The van der Waals surface area contributed by atoms with E-state index < -0.39 is 10.0 Å². The molecule has 2 amide bonds. The maximum absolute atomic E-state index is 13.1. The number of nitrogens with zero attached hydrogens (tertiary/aromatic N) is 1. The van der Waals surface area contributed by atoms with E-state index in [-0.39, 0.29) is 34.1 Å². The van der Waals surface area contributed by atoms with Crippen LogP contribution in [0.25, 0.3) is 0 Å². The number of para-hydroxylation sites is 1. The molecule has 32 heavy (non-hydrogen) atoms. The molecule has 0 aliphatic carbocycles. The number of benzene rings is 2. The van der Waals surface area contributed by atoms with E-state index in [9.17, 15) is 18.0 Å². The lowest BCUT2D eigenvalue weighted by Gasteiger charge is -2.17. The van der Waals surface area contributed by atoms with Gasteiger partial charge in [-0.05, 0) is 55.2 Å². The van der Waals surface area contributed by atoms with E-state index in [0.717, 1.165) is 24.1 Å². The average molecular weight is 458 g/mol. The van der Waals surface area contributed by atoms with E-state index in [0.29, 0.717) is 32.5 Å². The lowest BCUT2D eigenvalue weighted by molar-refractivity contribution is -0.118. The fourth-order valence-electron chi connectivity index (χ4n) is 4.08. The van der Waals surface area contributed by atoms with Crippen LogP contribution in [0.3, 0.4) is 0 Å². The first-order chi connectivity index (χ1) is 15.4. The smallest absolute Gasteiger partial charge is 0.261 e. The van der Waals surface area contributed by atoms with Crippen molar-refractivity contribution >= 4 is 33.2 Å². The molecule has 2 N–H and O–H groups in total. The maximum Gasteiger partial charge on any atom is 0.261 e. The van der Waals surface area contributed by atoms with Gasteiger partial charge in [0.15, 0.2) is 0 Å². The number of nitrogens with one attached hydrogen (secondary N) is 2. The van der Waals surface area contributed by atoms with Crippen LogP contribution in [0.2, 0.25) is 0 Å². The molecule has 2 aromatic rings. The number of fused-ring (bicyclic) bond motifs is 1. The summed E-state index contributed by atoms with van der Waals surface area (Å²) in [6.07, 6.45) is 2.86. The number of sulfonamides is 1. The summed E-state index contributed by atoms with van der Waals surface area (Å²) in [6.45, 7) is 3.43. The highest BCUT2D eigenvalue weighted by Crippen LogP contribution is 2.31. The summed E-state index contributed by atoms with van der Waals surface area (Å²) < 4.78 is 34.2. The Hall–Kier alpha value is -2.91. The summed E-state index contributed by atoms with van der Waals surface area (Å²) >= 11 is 0. The highest BCUT2D eigenvalue weighted by atomic mass is 32.2. The van der Waals surface area contributed by atoms with Gasteiger partial charge in [-0.2, -0.15) is 0 Å². The molecular formula is C23H27N3O5S. The van der Waals surface area contributed by atoms with Gasteiger partial charge in [-0.25, -0.2) is 8.42 Å². The van der Waals surface area contributed by atoms with E-state index in [1.165, 1.54) is 6.07 Å². The average Bonchev–Trinajstić information content (AvgIpc) is 3.46. The lowest BCUT2D eigenvalue weighted by atomic mass is 10.1. The molecule has 2 aromatic carbocycles. The topological polar surface area (TPSA) is 105 Å². The Morgan fingerprint density at radius 1 is 1.19 bits per heavy atom. The maximum atomic E-state index is 13.1. The molecule has 0 bridgehead atoms. The molecule has 1 unspecified atom stereocenters. The van der Waals surface area contributed by atoms with Crippen molar-refractivity contribution in [3.8, 4) is 0 Å². The van der Waals surface area contributed by atoms with Gasteiger partial charge in [-0.15, -0.1) is 0 Å². The molecular weight excluding hydrogens is 430 g/mol. The normalized spacial score (nSPS) is 17.8. The number of carbonyl (C=O) groups is 2. The fraction of sp³-hybridized carbons (Fsp3) is 0.391. The molecule has 170 valence electrons. The van der Waals surface area contributed by atoms with Crippen molar-refractivity contribution in [3.05, 3.63) is 53.6 Å². The second-order valence-electron chi connectivity index (χ2n) is 7.94. The van der Waals surface area contributed by atoms with Gasteiger partial charge in [0, 0.05) is 31.8 Å². The number of hydrogen-bond donors (Lipinski definition) is 2. The zero-order chi connectivity index (χ0) is 22.7. The molecule has 0 spiro atoms. The van der Waals surface area contributed by atoms with Gasteiger partial charge in [0.2, 0.25) is 5.91 Å². The van der Waals surface area contributed by atoms with Crippen LogP contribution >= 0.6 is 0 Å². The molecule has 4 rings (SSSR count). The van der Waals surface area contributed by atoms with Crippen molar-refractivity contribution in [2.75, 3.05) is 29.3 Å². The van der Waals surface area contributed by atoms with Crippen molar-refractivity contribution in [1.82, 2.24) is 5.32 Å². The van der Waals surface area contributed by atoms with Crippen molar-refractivity contribution in [2.24, 2.45) is 0 Å². The second kappa shape index (κ2) is 9.30. The second-order valence-corrected chi connectivity index (χ2v) is 9.62. The van der Waals surface area contributed by atoms with Crippen LogP contribution < -0.4 is 14.9 Å². The Bertz CT molecular complexity index is 1130. The van der Waals surface area contributed by atoms with E-state index >= 15 is 0 Å². The van der Waals surface area contributed by atoms with E-state index in [2.05, 4.69) is 10.0 Å². The Morgan fingerprint density at radius 3 is 2.75 bits per heavy atom. The van der Waals surface area contributed by atoms with Gasteiger partial charge in [0.1, 0.15) is 0 Å². The van der Waals surface area contributed by atoms with Gasteiger partial charge in [0.05, 0.1) is 22.3 Å². The van der Waals surface area contributed by atoms with Crippen molar-refractivity contribution in [3.63, 3.8) is 0 Å². The number of rotatable bonds is 7. The quantitative estimate of drug-likeness (QED) is 0.665. The number of hydrogen-bond acceptors (Lipinski definition) is 5. The van der Waals surface area contributed by atoms with Gasteiger partial charge >= 0.3 is 0 Å². The first-order valence-corrected chi connectivity index (χ1v) is 12.3. The zero-order valence-corrected chi connectivity index (χ0v) is 18.8. The molecule has 9 heteroatoms. The number of carbonyl (C=O) groups excluding carboxylic acids is 2. The number of ether oxygens (including phenoxy) is 1. The van der Waals surface area contributed by atoms with Gasteiger partial charge in [0.25, 0.3) is 15.9 Å². The molecule has 0 aromatic heterocycles. The van der Waals surface area contributed by atoms with E-state index in [1.54, 1.807) is 48.2 Å². The van der Waals surface area contributed by atoms with Crippen LogP contribution in [0.15, 0.2) is 47.4 Å². The Balaban J connectivity index is 1.52. The van der Waals surface area contributed by atoms with Crippen molar-refractivity contribution in [1.29, 1.82) is 0 Å². The van der Waals surface area contributed by atoms with Crippen LogP contribution in [0, 0.1) is 0 Å². The minimum absolute atomic E-state index is 0.00614. The summed E-state index contributed by atoms with van der Waals surface area (Å²) in [5, 5.41) is 2.83. The molecule has 2 heterocycles. The Morgan fingerprint density at radius 2 is 2.00 bits per heavy atom. The fourth-order valence-corrected chi connectivity index (χ4v) is 5.21. The lowest BCUT2D eigenvalue weighted by Crippen LogP contribution is -2.32. The van der Waals surface area contributed by atoms with Gasteiger partial charge in [-0.3, -0.25) is 14.3 Å². The van der Waals surface area contributed by atoms with Crippen LogP contribution in [-0.2, 0) is 26.0 Å². The van der Waals surface area contributed by atoms with E-state index in [4.69, 9.17) is 4.74 Å². The van der Waals surface area contributed by atoms with Crippen molar-refractivity contribution in [2.45, 2.75) is 43.6 Å². The predicted octanol–water partition coefficient (Wildman–Crippen LogP) is 2.70. The summed E-state index contributed by atoms with van der Waals surface area (Å²) in [4.78, 5) is 26.6. The third kappa shape index (κ3) is 4.63. The monoisotopic (exact) mass is 457 g/mol. The summed E-state index contributed by atoms with van der Waals surface area (Å²) in [7, 11) is -3.92. The summed E-state index contributed by atoms with van der Waals surface area (Å²) in [6, 6.07) is 11.3.